The molecule has 32 heavy (non-hydrogen) atoms. The van der Waals surface area contributed by atoms with Crippen LogP contribution in [0.2, 0.25) is 5.02 Å². The average Bonchev–Trinajstić information content (AvgIpc) is 3.40. The summed E-state index contributed by atoms with van der Waals surface area (Å²) in [5.41, 5.74) is 3.10. The molecule has 0 bridgehead atoms. The number of benzene rings is 1. The van der Waals surface area contributed by atoms with Gasteiger partial charge < -0.3 is 14.8 Å². The number of carbonyl (C=O) groups excluding carboxylic acids is 1. The van der Waals surface area contributed by atoms with E-state index in [4.69, 9.17) is 16.6 Å². The number of rotatable bonds is 4. The standard InChI is InChI=1S/C23H22BrClN6O/c1-29-10-4-7-20(29)23(32)30-11-8-15(9-12-30)27-21-13-19(16-5-2-3-6-18(16)25)28-22-17(24)14-26-31(21)22/h2-7,10,13-15,27H,8-9,11-12H2,1H3. The van der Waals surface area contributed by atoms with E-state index in [0.29, 0.717) is 18.1 Å². The summed E-state index contributed by atoms with van der Waals surface area (Å²) in [5.74, 6) is 0.932. The van der Waals surface area contributed by atoms with Gasteiger partial charge in [-0.25, -0.2) is 4.98 Å². The fraction of sp³-hybridized carbons (Fsp3) is 0.261. The van der Waals surface area contributed by atoms with Crippen LogP contribution < -0.4 is 5.32 Å². The van der Waals surface area contributed by atoms with Gasteiger partial charge in [-0.1, -0.05) is 29.8 Å². The Hall–Kier alpha value is -2.84. The van der Waals surface area contributed by atoms with Crippen LogP contribution in [0.3, 0.4) is 0 Å². The first-order valence-electron chi connectivity index (χ1n) is 10.5. The lowest BCUT2D eigenvalue weighted by Crippen LogP contribution is -2.43. The number of anilines is 1. The molecule has 9 heteroatoms. The first kappa shape index (κ1) is 21.0. The van der Waals surface area contributed by atoms with Crippen molar-refractivity contribution in [1.82, 2.24) is 24.1 Å². The second-order valence-corrected chi connectivity index (χ2v) is 9.21. The van der Waals surface area contributed by atoms with Crippen LogP contribution in [0.1, 0.15) is 23.3 Å². The van der Waals surface area contributed by atoms with Gasteiger partial charge in [0.25, 0.3) is 5.91 Å². The number of piperidine rings is 1. The maximum Gasteiger partial charge on any atom is 0.270 e. The molecule has 5 rings (SSSR count). The molecule has 0 radical (unpaired) electrons. The lowest BCUT2D eigenvalue weighted by molar-refractivity contribution is 0.0709. The molecule has 1 saturated heterocycles. The van der Waals surface area contributed by atoms with Crippen molar-refractivity contribution in [2.45, 2.75) is 18.9 Å². The van der Waals surface area contributed by atoms with Crippen molar-refractivity contribution in [3.8, 4) is 11.3 Å². The number of nitrogens with zero attached hydrogens (tertiary/aromatic N) is 5. The molecule has 3 aromatic heterocycles. The molecule has 7 nitrogen and oxygen atoms in total. The van der Waals surface area contributed by atoms with Gasteiger partial charge in [0.1, 0.15) is 11.5 Å². The van der Waals surface area contributed by atoms with Crippen molar-refractivity contribution in [3.05, 3.63) is 70.0 Å². The molecule has 0 atom stereocenters. The zero-order valence-corrected chi connectivity index (χ0v) is 19.8. The Labute approximate surface area is 199 Å². The highest BCUT2D eigenvalue weighted by molar-refractivity contribution is 9.10. The molecule has 1 N–H and O–H groups in total. The van der Waals surface area contributed by atoms with E-state index in [2.05, 4.69) is 26.3 Å². The quantitative estimate of drug-likeness (QED) is 0.423. The fourth-order valence-electron chi connectivity index (χ4n) is 4.13. The van der Waals surface area contributed by atoms with Crippen LogP contribution in [0.25, 0.3) is 16.9 Å². The monoisotopic (exact) mass is 512 g/mol. The average molecular weight is 514 g/mol. The predicted molar refractivity (Wildman–Crippen MR) is 129 cm³/mol. The summed E-state index contributed by atoms with van der Waals surface area (Å²) in [7, 11) is 1.90. The van der Waals surface area contributed by atoms with Crippen LogP contribution in [0.5, 0.6) is 0 Å². The molecule has 1 aliphatic heterocycles. The van der Waals surface area contributed by atoms with Gasteiger partial charge in [-0.05, 0) is 47.0 Å². The van der Waals surface area contributed by atoms with Gasteiger partial charge in [0.15, 0.2) is 5.65 Å². The maximum absolute atomic E-state index is 12.8. The lowest BCUT2D eigenvalue weighted by Gasteiger charge is -2.33. The molecule has 1 fully saturated rings. The third kappa shape index (κ3) is 3.89. The molecule has 0 spiro atoms. The van der Waals surface area contributed by atoms with E-state index in [1.54, 1.807) is 10.7 Å². The van der Waals surface area contributed by atoms with Crippen LogP contribution in [0, 0.1) is 0 Å². The van der Waals surface area contributed by atoms with Gasteiger partial charge >= 0.3 is 0 Å². The van der Waals surface area contributed by atoms with Gasteiger partial charge in [0, 0.05) is 49.0 Å². The van der Waals surface area contributed by atoms with E-state index < -0.39 is 0 Å². The van der Waals surface area contributed by atoms with Gasteiger partial charge in [-0.3, -0.25) is 4.79 Å². The number of nitrogens with one attached hydrogen (secondary N) is 1. The first-order chi connectivity index (χ1) is 15.5. The number of aromatic nitrogens is 4. The molecule has 0 unspecified atom stereocenters. The molecular weight excluding hydrogens is 492 g/mol. The number of carbonyl (C=O) groups is 1. The van der Waals surface area contributed by atoms with Crippen LogP contribution in [-0.4, -0.2) is 49.1 Å². The molecule has 1 aromatic carbocycles. The fourth-order valence-corrected chi connectivity index (χ4v) is 4.71. The summed E-state index contributed by atoms with van der Waals surface area (Å²) in [5, 5.41) is 8.75. The van der Waals surface area contributed by atoms with Crippen molar-refractivity contribution in [2.75, 3.05) is 18.4 Å². The zero-order chi connectivity index (χ0) is 22.2. The number of amides is 1. The number of fused-ring (bicyclic) bond motifs is 1. The molecule has 0 saturated carbocycles. The molecular formula is C23H22BrClN6O. The summed E-state index contributed by atoms with van der Waals surface area (Å²) in [4.78, 5) is 19.5. The van der Waals surface area contributed by atoms with Crippen molar-refractivity contribution in [1.29, 1.82) is 0 Å². The Kier molecular flexibility index (Phi) is 5.65. The van der Waals surface area contributed by atoms with Crippen LogP contribution in [0.15, 0.2) is 59.3 Å². The number of likely N-dealkylation sites (tertiary alicyclic amines) is 1. The summed E-state index contributed by atoms with van der Waals surface area (Å²) in [6.07, 6.45) is 5.34. The summed E-state index contributed by atoms with van der Waals surface area (Å²) in [6.45, 7) is 1.41. The highest BCUT2D eigenvalue weighted by Crippen LogP contribution is 2.31. The van der Waals surface area contributed by atoms with E-state index in [-0.39, 0.29) is 11.9 Å². The van der Waals surface area contributed by atoms with E-state index in [0.717, 1.165) is 45.7 Å². The summed E-state index contributed by atoms with van der Waals surface area (Å²) >= 11 is 9.98. The van der Waals surface area contributed by atoms with Gasteiger partial charge in [-0.15, -0.1) is 0 Å². The molecule has 0 aliphatic carbocycles. The highest BCUT2D eigenvalue weighted by Gasteiger charge is 2.25. The zero-order valence-electron chi connectivity index (χ0n) is 17.5. The van der Waals surface area contributed by atoms with Crippen molar-refractivity contribution in [3.63, 3.8) is 0 Å². The number of halogens is 2. The van der Waals surface area contributed by atoms with Crippen molar-refractivity contribution in [2.24, 2.45) is 7.05 Å². The minimum atomic E-state index is 0.0827. The highest BCUT2D eigenvalue weighted by atomic mass is 79.9. The van der Waals surface area contributed by atoms with Crippen LogP contribution in [-0.2, 0) is 7.05 Å². The van der Waals surface area contributed by atoms with Gasteiger partial charge in [0.2, 0.25) is 0 Å². The second kappa shape index (κ2) is 8.60. The largest absolute Gasteiger partial charge is 0.367 e. The normalized spacial score (nSPS) is 14.8. The SMILES string of the molecule is Cn1cccc1C(=O)N1CCC(Nc2cc(-c3ccccc3Cl)nc3c(Br)cnn23)CC1. The summed E-state index contributed by atoms with van der Waals surface area (Å²) < 4.78 is 4.48. The third-order valence-electron chi connectivity index (χ3n) is 5.88. The topological polar surface area (TPSA) is 67.5 Å². The van der Waals surface area contributed by atoms with Crippen LogP contribution in [0.4, 0.5) is 5.82 Å². The Morgan fingerprint density at radius 2 is 1.97 bits per heavy atom. The van der Waals surface area contributed by atoms with Crippen molar-refractivity contribution < 1.29 is 4.79 Å². The van der Waals surface area contributed by atoms with E-state index >= 15 is 0 Å². The minimum Gasteiger partial charge on any atom is -0.367 e. The van der Waals surface area contributed by atoms with Crippen molar-refractivity contribution >= 4 is 44.9 Å². The first-order valence-corrected chi connectivity index (χ1v) is 11.6. The van der Waals surface area contributed by atoms with Crippen LogP contribution >= 0.6 is 27.5 Å². The number of hydrogen-bond donors (Lipinski definition) is 1. The number of hydrogen-bond acceptors (Lipinski definition) is 4. The number of aryl methyl sites for hydroxylation is 1. The second-order valence-electron chi connectivity index (χ2n) is 7.95. The molecule has 164 valence electrons. The third-order valence-corrected chi connectivity index (χ3v) is 6.76. The lowest BCUT2D eigenvalue weighted by atomic mass is 10.0. The van der Waals surface area contributed by atoms with E-state index in [1.165, 1.54) is 0 Å². The summed E-state index contributed by atoms with van der Waals surface area (Å²) in [6, 6.07) is 13.6. The predicted octanol–water partition coefficient (Wildman–Crippen LogP) is 4.87. The molecule has 4 heterocycles. The Morgan fingerprint density at radius 1 is 1.19 bits per heavy atom. The van der Waals surface area contributed by atoms with Gasteiger partial charge in [-0.2, -0.15) is 9.61 Å². The van der Waals surface area contributed by atoms with E-state index in [1.807, 2.05) is 65.2 Å². The molecule has 1 aliphatic rings. The maximum atomic E-state index is 12.8. The Balaban J connectivity index is 1.37. The van der Waals surface area contributed by atoms with E-state index in [9.17, 15) is 4.79 Å². The molecule has 4 aromatic rings. The minimum absolute atomic E-state index is 0.0827. The molecule has 1 amide bonds. The Morgan fingerprint density at radius 3 is 2.69 bits per heavy atom. The Bertz CT molecular complexity index is 1290. The smallest absolute Gasteiger partial charge is 0.270 e. The van der Waals surface area contributed by atoms with Gasteiger partial charge in [0.05, 0.1) is 16.4 Å².